The zero-order valence-corrected chi connectivity index (χ0v) is 41.2. The van der Waals surface area contributed by atoms with Gasteiger partial charge in [-0.05, 0) is 86.1 Å². The number of thiophene rings is 6. The van der Waals surface area contributed by atoms with Crippen molar-refractivity contribution >= 4 is 130 Å². The summed E-state index contributed by atoms with van der Waals surface area (Å²) in [7, 11) is 0. The van der Waals surface area contributed by atoms with Gasteiger partial charge in [0, 0.05) is 91.9 Å². The topological polar surface area (TPSA) is 18.5 Å². The summed E-state index contributed by atoms with van der Waals surface area (Å²) in [6.07, 6.45) is 12.4. The number of rotatable bonds is 17. The van der Waals surface area contributed by atoms with Gasteiger partial charge in [-0.2, -0.15) is 0 Å². The third kappa shape index (κ3) is 8.36. The molecule has 0 atom stereocenters. The lowest BCUT2D eigenvalue weighted by atomic mass is 9.99. The van der Waals surface area contributed by atoms with E-state index in [1.54, 1.807) is 0 Å². The van der Waals surface area contributed by atoms with Gasteiger partial charge in [0.15, 0.2) is 0 Å². The quantitative estimate of drug-likeness (QED) is 0.0514. The molecular weight excluding hydrogens is 985 g/mol. The Balaban J connectivity index is 1.18. The van der Waals surface area contributed by atoms with E-state index >= 15 is 0 Å². The van der Waals surface area contributed by atoms with E-state index in [1.165, 1.54) is 153 Å². The van der Waals surface area contributed by atoms with Crippen LogP contribution in [0.3, 0.4) is 0 Å². The van der Waals surface area contributed by atoms with E-state index in [9.17, 15) is 0 Å². The van der Waals surface area contributed by atoms with Crippen LogP contribution in [0.2, 0.25) is 0 Å². The minimum Gasteiger partial charge on any atom is -0.231 e. The maximum absolute atomic E-state index is 5.62. The Morgan fingerprint density at radius 1 is 0.450 bits per heavy atom. The van der Waals surface area contributed by atoms with E-state index in [0.29, 0.717) is 13.2 Å². The zero-order valence-electron chi connectivity index (χ0n) is 33.2. The second kappa shape index (κ2) is 19.1. The first-order valence-electron chi connectivity index (χ1n) is 20.9. The molecule has 0 amide bonds. The van der Waals surface area contributed by atoms with Gasteiger partial charge in [-0.25, -0.2) is 9.78 Å². The molecule has 10 heteroatoms. The van der Waals surface area contributed by atoms with Crippen LogP contribution in [0.4, 0.5) is 0 Å². The van der Waals surface area contributed by atoms with Gasteiger partial charge in [0.05, 0.1) is 9.58 Å². The van der Waals surface area contributed by atoms with Crippen LogP contribution in [0, 0.1) is 0 Å². The molecule has 0 saturated heterocycles. The van der Waals surface area contributed by atoms with Gasteiger partial charge in [0.1, 0.15) is 13.2 Å². The van der Waals surface area contributed by atoms with Crippen molar-refractivity contribution in [1.82, 2.24) is 0 Å². The molecule has 0 N–H and O–H groups in total. The zero-order chi connectivity index (χ0) is 40.4. The van der Waals surface area contributed by atoms with E-state index in [2.05, 4.69) is 129 Å². The van der Waals surface area contributed by atoms with Crippen LogP contribution in [-0.2, 0) is 35.8 Å². The maximum Gasteiger partial charge on any atom is 0.117 e. The van der Waals surface area contributed by atoms with E-state index in [4.69, 9.17) is 9.78 Å². The van der Waals surface area contributed by atoms with Crippen LogP contribution < -0.4 is 0 Å². The SMILES string of the molecule is BrCCCCCCc1ccc(-c2c3cc(-c4sc(-c5ccccc5)c5c6c(sc45)COOC6)sc3c(-c3ccc(CCCCCCBr)s3)c3cc(-c4ccccc4)sc23)s1. The standard InChI is InChI=1S/C50H44Br2O2S6/c51-25-13-3-1-11-19-33-21-23-38(55-33)43-35-27-40(31-15-7-5-8-16-31)57-47(35)44(39-24-22-34(56-39)20-12-2-4-14-26-52)36-28-41(58-48(36)43)49-50-45(37-29-53-54-30-42(37)59-50)46(60-49)32-17-9-6-10-18-32/h5-10,15-18,21-24,27-28H,1-4,11-14,19-20,25-26,29-30H2. The summed E-state index contributed by atoms with van der Waals surface area (Å²) in [5.41, 5.74) is 6.64. The van der Waals surface area contributed by atoms with Crippen molar-refractivity contribution < 1.29 is 9.78 Å². The number of fused-ring (bicyclic) bond motifs is 5. The van der Waals surface area contributed by atoms with Gasteiger partial charge in [0.2, 0.25) is 0 Å². The fourth-order valence-electron chi connectivity index (χ4n) is 8.43. The lowest BCUT2D eigenvalue weighted by Crippen LogP contribution is -2.04. The molecule has 0 saturated carbocycles. The Hall–Kier alpha value is -2.48. The molecule has 0 unspecified atom stereocenters. The molecule has 1 aliphatic rings. The summed E-state index contributed by atoms with van der Waals surface area (Å²) in [6.45, 7) is 0.989. The Morgan fingerprint density at radius 2 is 1.00 bits per heavy atom. The molecule has 3 aromatic carbocycles. The highest BCUT2D eigenvalue weighted by atomic mass is 79.9. The molecular formula is C50H44Br2O2S6. The highest BCUT2D eigenvalue weighted by Gasteiger charge is 2.29. The van der Waals surface area contributed by atoms with Crippen molar-refractivity contribution in [1.29, 1.82) is 0 Å². The highest BCUT2D eigenvalue weighted by Crippen LogP contribution is 2.57. The van der Waals surface area contributed by atoms with Gasteiger partial charge < -0.3 is 0 Å². The number of unbranched alkanes of at least 4 members (excludes halogenated alkanes) is 6. The Bertz CT molecular complexity index is 2770. The van der Waals surface area contributed by atoms with Gasteiger partial charge >= 0.3 is 0 Å². The molecule has 7 heterocycles. The van der Waals surface area contributed by atoms with Crippen LogP contribution in [0.5, 0.6) is 0 Å². The van der Waals surface area contributed by atoms with E-state index < -0.39 is 0 Å². The van der Waals surface area contributed by atoms with Crippen LogP contribution in [0.15, 0.2) is 97.1 Å². The number of benzene rings is 3. The number of hydrogen-bond donors (Lipinski definition) is 0. The van der Waals surface area contributed by atoms with Crippen molar-refractivity contribution in [2.24, 2.45) is 0 Å². The highest BCUT2D eigenvalue weighted by molar-refractivity contribution is 9.09. The van der Waals surface area contributed by atoms with Crippen molar-refractivity contribution in [2.45, 2.75) is 77.4 Å². The fraction of sp³-hybridized carbons (Fsp3) is 0.280. The normalized spacial score (nSPS) is 13.0. The first-order valence-corrected chi connectivity index (χ1v) is 28.1. The Kier molecular flexibility index (Phi) is 13.2. The van der Waals surface area contributed by atoms with Crippen molar-refractivity contribution in [3.8, 4) is 51.5 Å². The minimum absolute atomic E-state index is 0.487. The smallest absolute Gasteiger partial charge is 0.117 e. The van der Waals surface area contributed by atoms with E-state index in [-0.39, 0.29) is 0 Å². The second-order valence-corrected chi connectivity index (χ2v) is 23.6. The Labute approximate surface area is 393 Å². The lowest BCUT2D eigenvalue weighted by Gasteiger charge is -2.11. The molecule has 0 spiro atoms. The van der Waals surface area contributed by atoms with Crippen LogP contribution >= 0.6 is 99.9 Å². The number of alkyl halides is 2. The predicted molar refractivity (Wildman–Crippen MR) is 275 cm³/mol. The molecule has 0 fully saturated rings. The minimum atomic E-state index is 0.487. The van der Waals surface area contributed by atoms with Gasteiger partial charge in [0.25, 0.3) is 0 Å². The molecule has 10 rings (SSSR count). The molecule has 1 aliphatic heterocycles. The number of hydrogen-bond acceptors (Lipinski definition) is 8. The lowest BCUT2D eigenvalue weighted by molar-refractivity contribution is -0.320. The van der Waals surface area contributed by atoms with E-state index in [0.717, 1.165) is 23.5 Å². The molecule has 60 heavy (non-hydrogen) atoms. The molecule has 2 nitrogen and oxygen atoms in total. The van der Waals surface area contributed by atoms with Crippen molar-refractivity contribution in [2.75, 3.05) is 10.7 Å². The predicted octanol–water partition coefficient (Wildman–Crippen LogP) is 18.8. The molecule has 306 valence electrons. The third-order valence-corrected chi connectivity index (χ3v) is 20.0. The van der Waals surface area contributed by atoms with Gasteiger partial charge in [-0.1, -0.05) is 118 Å². The molecule has 0 bridgehead atoms. The van der Waals surface area contributed by atoms with Crippen LogP contribution in [-0.4, -0.2) is 10.7 Å². The average molecular weight is 1030 g/mol. The molecule has 9 aromatic rings. The number of aryl methyl sites for hydroxylation is 2. The van der Waals surface area contributed by atoms with E-state index in [1.807, 2.05) is 68.0 Å². The van der Waals surface area contributed by atoms with Crippen LogP contribution in [0.25, 0.3) is 81.8 Å². The first-order chi connectivity index (χ1) is 29.7. The summed E-state index contributed by atoms with van der Waals surface area (Å²) >= 11 is 19.1. The fourth-order valence-corrected chi connectivity index (χ4v) is 17.0. The summed E-state index contributed by atoms with van der Waals surface area (Å²) in [5, 5.41) is 6.30. The van der Waals surface area contributed by atoms with Crippen molar-refractivity contribution in [3.05, 3.63) is 117 Å². The first kappa shape index (κ1) is 41.5. The summed E-state index contributed by atoms with van der Waals surface area (Å²) in [6, 6.07) is 36.7. The average Bonchev–Trinajstić information content (AvgIpc) is 4.15. The van der Waals surface area contributed by atoms with Crippen LogP contribution in [0.1, 0.15) is 71.6 Å². The summed E-state index contributed by atoms with van der Waals surface area (Å²) in [4.78, 5) is 23.6. The second-order valence-electron chi connectivity index (χ2n) is 15.4. The molecule has 0 aliphatic carbocycles. The van der Waals surface area contributed by atoms with Gasteiger partial charge in [-0.3, -0.25) is 0 Å². The Morgan fingerprint density at radius 3 is 1.62 bits per heavy atom. The van der Waals surface area contributed by atoms with Gasteiger partial charge in [-0.15, -0.1) is 68.0 Å². The number of halogens is 2. The largest absolute Gasteiger partial charge is 0.231 e. The van der Waals surface area contributed by atoms with Crippen molar-refractivity contribution in [3.63, 3.8) is 0 Å². The summed E-state index contributed by atoms with van der Waals surface area (Å²) in [5.74, 6) is 0. The third-order valence-electron chi connectivity index (χ3n) is 11.4. The molecule has 6 aromatic heterocycles. The monoisotopic (exact) mass is 1030 g/mol. The summed E-state index contributed by atoms with van der Waals surface area (Å²) < 4.78 is 4.16. The maximum atomic E-state index is 5.62. The molecule has 0 radical (unpaired) electrons.